The van der Waals surface area contributed by atoms with Gasteiger partial charge in [0, 0.05) is 6.07 Å². The van der Waals surface area contributed by atoms with Gasteiger partial charge in [-0.3, -0.25) is 4.79 Å². The summed E-state index contributed by atoms with van der Waals surface area (Å²) in [7, 11) is 0. The van der Waals surface area contributed by atoms with Crippen LogP contribution in [0, 0.1) is 6.92 Å². The minimum absolute atomic E-state index is 0.0163. The van der Waals surface area contributed by atoms with E-state index < -0.39 is 5.91 Å². The molecule has 0 saturated carbocycles. The number of hydrogen-bond acceptors (Lipinski definition) is 4. The Bertz CT molecular complexity index is 639. The fourth-order valence-corrected chi connectivity index (χ4v) is 1.76. The summed E-state index contributed by atoms with van der Waals surface area (Å²) >= 11 is 0. The number of benzene rings is 1. The van der Waals surface area contributed by atoms with Gasteiger partial charge in [0.05, 0.1) is 11.4 Å². The third-order valence-corrected chi connectivity index (χ3v) is 2.96. The number of aromatic nitrogens is 1. The van der Waals surface area contributed by atoms with Crippen LogP contribution in [0.2, 0.25) is 0 Å². The molecule has 0 aliphatic carbocycles. The number of carbonyl (C=O) groups is 1. The van der Waals surface area contributed by atoms with Crippen molar-refractivity contribution >= 4 is 11.6 Å². The highest BCUT2D eigenvalue weighted by Gasteiger charge is 2.18. The maximum absolute atomic E-state index is 12.0. The Morgan fingerprint density at radius 3 is 2.55 bits per heavy atom. The van der Waals surface area contributed by atoms with Crippen LogP contribution >= 0.6 is 0 Å². The van der Waals surface area contributed by atoms with Gasteiger partial charge in [-0.15, -0.1) is 0 Å². The lowest BCUT2D eigenvalue weighted by Gasteiger charge is -2.20. The molecule has 1 aromatic carbocycles. The third kappa shape index (κ3) is 2.99. The van der Waals surface area contributed by atoms with Crippen LogP contribution in [0.3, 0.4) is 0 Å². The molecule has 0 aliphatic heterocycles. The van der Waals surface area contributed by atoms with Crippen molar-refractivity contribution in [1.82, 2.24) is 5.16 Å². The first-order valence-electron chi connectivity index (χ1n) is 6.35. The average molecular weight is 274 g/mol. The lowest BCUT2D eigenvalue weighted by Crippen LogP contribution is -2.14. The van der Waals surface area contributed by atoms with Gasteiger partial charge in [-0.2, -0.15) is 0 Å². The topological polar surface area (TPSA) is 75.4 Å². The van der Waals surface area contributed by atoms with E-state index in [0.717, 1.165) is 5.56 Å². The zero-order chi connectivity index (χ0) is 14.9. The number of carbonyl (C=O) groups excluding carboxylic acids is 1. The molecule has 106 valence electrons. The number of phenolic OH excluding ortho intramolecular Hbond substituents is 1. The molecular weight excluding hydrogens is 256 g/mol. The molecule has 20 heavy (non-hydrogen) atoms. The van der Waals surface area contributed by atoms with Crippen LogP contribution in [0.5, 0.6) is 5.75 Å². The largest absolute Gasteiger partial charge is 0.506 e. The number of amides is 1. The highest BCUT2D eigenvalue weighted by molar-refractivity contribution is 6.03. The maximum atomic E-state index is 12.0. The number of hydrogen-bond donors (Lipinski definition) is 2. The van der Waals surface area contributed by atoms with E-state index >= 15 is 0 Å². The van der Waals surface area contributed by atoms with Crippen LogP contribution in [0.25, 0.3) is 0 Å². The summed E-state index contributed by atoms with van der Waals surface area (Å²) in [5.41, 5.74) is 1.93. The molecule has 5 nitrogen and oxygen atoms in total. The molecule has 2 aromatic rings. The summed E-state index contributed by atoms with van der Waals surface area (Å²) in [5.74, 6) is -0.308. The molecule has 1 heterocycles. The Morgan fingerprint density at radius 1 is 1.30 bits per heavy atom. The average Bonchev–Trinajstić information content (AvgIpc) is 2.77. The molecule has 0 fully saturated rings. The molecule has 5 heteroatoms. The Kier molecular flexibility index (Phi) is 3.53. The van der Waals surface area contributed by atoms with Crippen molar-refractivity contribution in [3.8, 4) is 5.75 Å². The van der Waals surface area contributed by atoms with Crippen molar-refractivity contribution in [2.45, 2.75) is 33.1 Å². The van der Waals surface area contributed by atoms with Crippen LogP contribution < -0.4 is 5.32 Å². The quantitative estimate of drug-likeness (QED) is 0.824. The van der Waals surface area contributed by atoms with Gasteiger partial charge >= 0.3 is 0 Å². The fraction of sp³-hybridized carbons (Fsp3) is 0.333. The molecule has 0 unspecified atom stereocenters. The second-order valence-corrected chi connectivity index (χ2v) is 5.77. The number of aryl methyl sites for hydroxylation is 1. The van der Waals surface area contributed by atoms with E-state index in [1.54, 1.807) is 25.1 Å². The van der Waals surface area contributed by atoms with E-state index in [1.165, 1.54) is 0 Å². The third-order valence-electron chi connectivity index (χ3n) is 2.96. The minimum Gasteiger partial charge on any atom is -0.506 e. The van der Waals surface area contributed by atoms with Crippen LogP contribution in [0.1, 0.15) is 42.6 Å². The van der Waals surface area contributed by atoms with E-state index in [1.807, 2.05) is 6.07 Å². The maximum Gasteiger partial charge on any atom is 0.294 e. The van der Waals surface area contributed by atoms with Gasteiger partial charge in [0.1, 0.15) is 5.75 Å². The second kappa shape index (κ2) is 5.00. The molecular formula is C15H18N2O3. The van der Waals surface area contributed by atoms with Gasteiger partial charge in [-0.05, 0) is 30.0 Å². The van der Waals surface area contributed by atoms with Gasteiger partial charge < -0.3 is 14.9 Å². The van der Waals surface area contributed by atoms with Crippen molar-refractivity contribution in [2.75, 3.05) is 5.32 Å². The highest BCUT2D eigenvalue weighted by atomic mass is 16.5. The molecule has 0 bridgehead atoms. The number of phenols is 1. The normalized spacial score (nSPS) is 11.4. The molecule has 0 saturated heterocycles. The number of anilines is 1. The van der Waals surface area contributed by atoms with Gasteiger partial charge in [0.2, 0.25) is 5.76 Å². The molecule has 0 radical (unpaired) electrons. The van der Waals surface area contributed by atoms with Crippen LogP contribution in [-0.4, -0.2) is 16.2 Å². The molecule has 0 aliphatic rings. The van der Waals surface area contributed by atoms with Crippen LogP contribution in [0.4, 0.5) is 5.69 Å². The Labute approximate surface area is 117 Å². The molecule has 2 rings (SSSR count). The summed E-state index contributed by atoms with van der Waals surface area (Å²) in [4.78, 5) is 12.0. The summed E-state index contributed by atoms with van der Waals surface area (Å²) in [5, 5.41) is 16.1. The van der Waals surface area contributed by atoms with E-state index in [4.69, 9.17) is 4.52 Å². The fourth-order valence-electron chi connectivity index (χ4n) is 1.76. The monoisotopic (exact) mass is 274 g/mol. The van der Waals surface area contributed by atoms with Gasteiger partial charge in [0.15, 0.2) is 0 Å². The van der Waals surface area contributed by atoms with Crippen LogP contribution in [-0.2, 0) is 5.41 Å². The summed E-state index contributed by atoms with van der Waals surface area (Å²) in [6, 6.07) is 6.71. The minimum atomic E-state index is -0.438. The van der Waals surface area contributed by atoms with E-state index in [-0.39, 0.29) is 16.9 Å². The van der Waals surface area contributed by atoms with Crippen molar-refractivity contribution in [3.63, 3.8) is 0 Å². The standard InChI is InChI=1S/C15H18N2O3/c1-9-7-13(20-17-9)14(19)16-11-8-10(15(2,3)4)5-6-12(11)18/h5-8,18H,1-4H3,(H,16,19). The van der Waals surface area contributed by atoms with Crippen molar-refractivity contribution < 1.29 is 14.4 Å². The van der Waals surface area contributed by atoms with E-state index in [0.29, 0.717) is 11.4 Å². The predicted octanol–water partition coefficient (Wildman–Crippen LogP) is 3.24. The summed E-state index contributed by atoms with van der Waals surface area (Å²) in [6.07, 6.45) is 0. The number of rotatable bonds is 2. The summed E-state index contributed by atoms with van der Waals surface area (Å²) in [6.45, 7) is 7.92. The molecule has 1 amide bonds. The zero-order valence-corrected chi connectivity index (χ0v) is 12.0. The smallest absolute Gasteiger partial charge is 0.294 e. The van der Waals surface area contributed by atoms with Crippen molar-refractivity contribution in [2.24, 2.45) is 0 Å². The SMILES string of the molecule is Cc1cc(C(=O)Nc2cc(C(C)(C)C)ccc2O)on1. The molecule has 0 atom stereocenters. The first-order chi connectivity index (χ1) is 9.27. The van der Waals surface area contributed by atoms with Crippen LogP contribution in [0.15, 0.2) is 28.8 Å². The number of aromatic hydroxyl groups is 1. The summed E-state index contributed by atoms with van der Waals surface area (Å²) < 4.78 is 4.89. The lowest BCUT2D eigenvalue weighted by molar-refractivity contribution is 0.0987. The van der Waals surface area contributed by atoms with Gasteiger partial charge in [-0.25, -0.2) is 0 Å². The zero-order valence-electron chi connectivity index (χ0n) is 12.0. The molecule has 2 N–H and O–H groups in total. The van der Waals surface area contributed by atoms with Crippen molar-refractivity contribution in [1.29, 1.82) is 0 Å². The Morgan fingerprint density at radius 2 is 2.00 bits per heavy atom. The second-order valence-electron chi connectivity index (χ2n) is 5.77. The van der Waals surface area contributed by atoms with E-state index in [2.05, 4.69) is 31.2 Å². The molecule has 1 aromatic heterocycles. The van der Waals surface area contributed by atoms with Gasteiger partial charge in [-0.1, -0.05) is 32.0 Å². The van der Waals surface area contributed by atoms with Gasteiger partial charge in [0.25, 0.3) is 5.91 Å². The lowest BCUT2D eigenvalue weighted by atomic mass is 9.87. The van der Waals surface area contributed by atoms with Crippen molar-refractivity contribution in [3.05, 3.63) is 41.3 Å². The Balaban J connectivity index is 2.27. The predicted molar refractivity (Wildman–Crippen MR) is 76.0 cm³/mol. The first kappa shape index (κ1) is 14.1. The number of nitrogens with one attached hydrogen (secondary N) is 1. The first-order valence-corrected chi connectivity index (χ1v) is 6.35. The van der Waals surface area contributed by atoms with E-state index in [9.17, 15) is 9.90 Å². The Hall–Kier alpha value is -2.30. The molecule has 0 spiro atoms. The number of nitrogens with zero attached hydrogens (tertiary/aromatic N) is 1. The highest BCUT2D eigenvalue weighted by Crippen LogP contribution is 2.30.